The predicted octanol–water partition coefficient (Wildman–Crippen LogP) is 1.63. The summed E-state index contributed by atoms with van der Waals surface area (Å²) in [4.78, 5) is 9.88. The maximum absolute atomic E-state index is 9.88. The standard InChI is InChI=1S/C10H12O3/c1-9(7-12-8-11)13-10-5-3-2-4-6-10/h2-6,8-9H,7H2,1H3. The summed E-state index contributed by atoms with van der Waals surface area (Å²) in [6, 6.07) is 9.42. The second-order valence-corrected chi connectivity index (χ2v) is 2.67. The van der Waals surface area contributed by atoms with Crippen LogP contribution in [0.2, 0.25) is 0 Å². The number of hydrogen-bond acceptors (Lipinski definition) is 3. The molecule has 0 fully saturated rings. The van der Waals surface area contributed by atoms with E-state index in [0.29, 0.717) is 6.47 Å². The average Bonchev–Trinajstić information content (AvgIpc) is 2.16. The molecule has 0 bridgehead atoms. The van der Waals surface area contributed by atoms with Gasteiger partial charge in [-0.3, -0.25) is 4.79 Å². The van der Waals surface area contributed by atoms with Gasteiger partial charge in [-0.2, -0.15) is 0 Å². The molecule has 0 amide bonds. The lowest BCUT2D eigenvalue weighted by Gasteiger charge is -2.12. The van der Waals surface area contributed by atoms with Gasteiger partial charge in [0, 0.05) is 0 Å². The highest BCUT2D eigenvalue weighted by Gasteiger charge is 2.02. The molecule has 1 atom stereocenters. The highest BCUT2D eigenvalue weighted by Crippen LogP contribution is 2.10. The lowest BCUT2D eigenvalue weighted by molar-refractivity contribution is -0.130. The minimum atomic E-state index is -0.118. The molecule has 0 aliphatic carbocycles. The van der Waals surface area contributed by atoms with Crippen molar-refractivity contribution in [2.24, 2.45) is 0 Å². The first-order chi connectivity index (χ1) is 6.33. The van der Waals surface area contributed by atoms with Crippen LogP contribution in [0.25, 0.3) is 0 Å². The fraction of sp³-hybridized carbons (Fsp3) is 0.300. The predicted molar refractivity (Wildman–Crippen MR) is 48.5 cm³/mol. The number of carbonyl (C=O) groups excluding carboxylic acids is 1. The molecule has 13 heavy (non-hydrogen) atoms. The van der Waals surface area contributed by atoms with Gasteiger partial charge in [-0.25, -0.2) is 0 Å². The van der Waals surface area contributed by atoms with Crippen molar-refractivity contribution in [3.8, 4) is 5.75 Å². The third kappa shape index (κ3) is 3.60. The van der Waals surface area contributed by atoms with Gasteiger partial charge in [-0.1, -0.05) is 18.2 Å². The normalized spacial score (nSPS) is 11.8. The Bertz CT molecular complexity index is 246. The molecule has 0 saturated heterocycles. The van der Waals surface area contributed by atoms with E-state index in [-0.39, 0.29) is 12.7 Å². The Hall–Kier alpha value is -1.51. The van der Waals surface area contributed by atoms with Crippen LogP contribution in [0.4, 0.5) is 0 Å². The van der Waals surface area contributed by atoms with Gasteiger partial charge in [0.25, 0.3) is 6.47 Å². The summed E-state index contributed by atoms with van der Waals surface area (Å²) in [5.74, 6) is 0.782. The number of carbonyl (C=O) groups is 1. The van der Waals surface area contributed by atoms with E-state index in [2.05, 4.69) is 4.74 Å². The van der Waals surface area contributed by atoms with Crippen molar-refractivity contribution in [1.29, 1.82) is 0 Å². The zero-order valence-corrected chi connectivity index (χ0v) is 7.47. The fourth-order valence-corrected chi connectivity index (χ4v) is 0.940. The number of para-hydroxylation sites is 1. The van der Waals surface area contributed by atoms with Gasteiger partial charge in [0.2, 0.25) is 0 Å². The zero-order valence-electron chi connectivity index (χ0n) is 7.47. The summed E-state index contributed by atoms with van der Waals surface area (Å²) in [7, 11) is 0. The molecule has 1 unspecified atom stereocenters. The first kappa shape index (κ1) is 9.58. The number of rotatable bonds is 5. The fourth-order valence-electron chi connectivity index (χ4n) is 0.940. The molecule has 1 rings (SSSR count). The molecule has 0 radical (unpaired) electrons. The lowest BCUT2D eigenvalue weighted by atomic mass is 10.3. The minimum Gasteiger partial charge on any atom is -0.487 e. The van der Waals surface area contributed by atoms with E-state index < -0.39 is 0 Å². The van der Waals surface area contributed by atoms with Gasteiger partial charge in [-0.05, 0) is 19.1 Å². The van der Waals surface area contributed by atoms with Gasteiger partial charge < -0.3 is 9.47 Å². The zero-order chi connectivity index (χ0) is 9.52. The topological polar surface area (TPSA) is 35.5 Å². The maximum Gasteiger partial charge on any atom is 0.293 e. The Morgan fingerprint density at radius 2 is 2.08 bits per heavy atom. The van der Waals surface area contributed by atoms with Crippen LogP contribution in [-0.2, 0) is 9.53 Å². The summed E-state index contributed by atoms with van der Waals surface area (Å²) in [5, 5.41) is 0. The van der Waals surface area contributed by atoms with E-state index >= 15 is 0 Å². The second-order valence-electron chi connectivity index (χ2n) is 2.67. The molecule has 0 aliphatic rings. The molecule has 70 valence electrons. The van der Waals surface area contributed by atoms with Crippen LogP contribution in [0.5, 0.6) is 5.75 Å². The van der Waals surface area contributed by atoms with Gasteiger partial charge >= 0.3 is 0 Å². The van der Waals surface area contributed by atoms with Crippen LogP contribution in [0, 0.1) is 0 Å². The molecule has 3 nitrogen and oxygen atoms in total. The van der Waals surface area contributed by atoms with E-state index in [0.717, 1.165) is 5.75 Å². The summed E-state index contributed by atoms with van der Waals surface area (Å²) >= 11 is 0. The highest BCUT2D eigenvalue weighted by molar-refractivity contribution is 5.36. The molecular weight excluding hydrogens is 168 g/mol. The van der Waals surface area contributed by atoms with Crippen molar-refractivity contribution in [1.82, 2.24) is 0 Å². The van der Waals surface area contributed by atoms with Crippen molar-refractivity contribution in [3.63, 3.8) is 0 Å². The molecule has 0 N–H and O–H groups in total. The van der Waals surface area contributed by atoms with Gasteiger partial charge in [0.1, 0.15) is 18.5 Å². The molecule has 0 aliphatic heterocycles. The molecule has 3 heteroatoms. The Morgan fingerprint density at radius 1 is 1.38 bits per heavy atom. The van der Waals surface area contributed by atoms with Gasteiger partial charge in [0.15, 0.2) is 0 Å². The number of hydrogen-bond donors (Lipinski definition) is 0. The van der Waals surface area contributed by atoms with Crippen molar-refractivity contribution in [2.45, 2.75) is 13.0 Å². The van der Waals surface area contributed by atoms with Crippen molar-refractivity contribution in [2.75, 3.05) is 6.61 Å². The monoisotopic (exact) mass is 180 g/mol. The molecule has 0 spiro atoms. The van der Waals surface area contributed by atoms with Crippen LogP contribution < -0.4 is 4.74 Å². The third-order valence-electron chi connectivity index (χ3n) is 1.48. The number of ether oxygens (including phenoxy) is 2. The molecule has 1 aromatic rings. The van der Waals surface area contributed by atoms with E-state index in [9.17, 15) is 4.79 Å². The van der Waals surface area contributed by atoms with Crippen LogP contribution in [0.1, 0.15) is 6.92 Å². The Labute approximate surface area is 77.3 Å². The third-order valence-corrected chi connectivity index (χ3v) is 1.48. The minimum absolute atomic E-state index is 0.118. The Morgan fingerprint density at radius 3 is 2.69 bits per heavy atom. The second kappa shape index (κ2) is 5.19. The Balaban J connectivity index is 2.36. The SMILES string of the molecule is CC(COC=O)Oc1ccccc1. The molecule has 0 saturated carbocycles. The molecule has 0 aromatic heterocycles. The highest BCUT2D eigenvalue weighted by atomic mass is 16.6. The quantitative estimate of drug-likeness (QED) is 0.646. The van der Waals surface area contributed by atoms with Gasteiger partial charge in [-0.15, -0.1) is 0 Å². The first-order valence-electron chi connectivity index (χ1n) is 4.10. The van der Waals surface area contributed by atoms with Crippen molar-refractivity contribution < 1.29 is 14.3 Å². The lowest BCUT2D eigenvalue weighted by Crippen LogP contribution is -2.18. The smallest absolute Gasteiger partial charge is 0.293 e. The van der Waals surface area contributed by atoms with Gasteiger partial charge in [0.05, 0.1) is 0 Å². The summed E-state index contributed by atoms with van der Waals surface area (Å²) in [5.41, 5.74) is 0. The van der Waals surface area contributed by atoms with Crippen molar-refractivity contribution >= 4 is 6.47 Å². The number of benzene rings is 1. The molecule has 1 aromatic carbocycles. The van der Waals surface area contributed by atoms with E-state index in [1.165, 1.54) is 0 Å². The van der Waals surface area contributed by atoms with Crippen LogP contribution in [-0.4, -0.2) is 19.2 Å². The largest absolute Gasteiger partial charge is 0.487 e. The summed E-state index contributed by atoms with van der Waals surface area (Å²) < 4.78 is 9.99. The van der Waals surface area contributed by atoms with Crippen molar-refractivity contribution in [3.05, 3.63) is 30.3 Å². The summed E-state index contributed by atoms with van der Waals surface area (Å²) in [6.07, 6.45) is -0.118. The average molecular weight is 180 g/mol. The maximum atomic E-state index is 9.88. The van der Waals surface area contributed by atoms with Crippen LogP contribution in [0.3, 0.4) is 0 Å². The van der Waals surface area contributed by atoms with E-state index in [1.54, 1.807) is 0 Å². The first-order valence-corrected chi connectivity index (χ1v) is 4.10. The van der Waals surface area contributed by atoms with Crippen LogP contribution >= 0.6 is 0 Å². The summed E-state index contributed by atoms with van der Waals surface area (Å²) in [6.45, 7) is 2.54. The molecular formula is C10H12O3. The van der Waals surface area contributed by atoms with Crippen LogP contribution in [0.15, 0.2) is 30.3 Å². The Kier molecular flexibility index (Phi) is 3.82. The van der Waals surface area contributed by atoms with E-state index in [4.69, 9.17) is 4.74 Å². The van der Waals surface area contributed by atoms with E-state index in [1.807, 2.05) is 37.3 Å². The molecule has 0 heterocycles.